The van der Waals surface area contributed by atoms with E-state index in [-0.39, 0.29) is 5.56 Å². The molecule has 0 radical (unpaired) electrons. The molecule has 15 heavy (non-hydrogen) atoms. The quantitative estimate of drug-likeness (QED) is 0.766. The number of rotatable bonds is 1. The molecule has 4 heteroatoms. The second kappa shape index (κ2) is 6.26. The topological polar surface area (TPSA) is 63.1 Å². The summed E-state index contributed by atoms with van der Waals surface area (Å²) in [5.74, 6) is -0.942. The van der Waals surface area contributed by atoms with E-state index >= 15 is 0 Å². The Bertz CT molecular complexity index is 363. The highest BCUT2D eigenvalue weighted by molar-refractivity contribution is 5.86. The minimum atomic E-state index is -0.942. The number of hydrogen-bond donors (Lipinski definition) is 1. The van der Waals surface area contributed by atoms with Crippen molar-refractivity contribution in [1.29, 1.82) is 0 Å². The molecule has 4 nitrogen and oxygen atoms in total. The first-order valence-corrected chi connectivity index (χ1v) is 4.29. The summed E-state index contributed by atoms with van der Waals surface area (Å²) in [6.45, 7) is 0. The first-order chi connectivity index (χ1) is 7.30. The summed E-state index contributed by atoms with van der Waals surface area (Å²) in [5, 5.41) is 8.34. The first kappa shape index (κ1) is 10.8. The highest BCUT2D eigenvalue weighted by atomic mass is 16.4. The van der Waals surface area contributed by atoms with Crippen LogP contribution in [0.5, 0.6) is 0 Å². The molecule has 2 aromatic rings. The number of carboxylic acid groups (broad SMARTS) is 1. The Morgan fingerprint density at radius 3 is 1.93 bits per heavy atom. The molecule has 0 aliphatic heterocycles. The van der Waals surface area contributed by atoms with Gasteiger partial charge in [-0.15, -0.1) is 0 Å². The van der Waals surface area contributed by atoms with Gasteiger partial charge in [0.25, 0.3) is 0 Å². The minimum absolute atomic E-state index is 0.220. The molecule has 0 aromatic carbocycles. The van der Waals surface area contributed by atoms with Gasteiger partial charge in [-0.05, 0) is 24.3 Å². The SMILES string of the molecule is O=C(O)c1cccnc1.c1ccncc1. The average Bonchev–Trinajstić information content (AvgIpc) is 2.33. The fraction of sp³-hybridized carbons (Fsp3) is 0. The van der Waals surface area contributed by atoms with Crippen LogP contribution in [0.1, 0.15) is 10.4 Å². The largest absolute Gasteiger partial charge is 0.478 e. The van der Waals surface area contributed by atoms with E-state index in [9.17, 15) is 4.79 Å². The molecule has 0 atom stereocenters. The second-order valence-corrected chi connectivity index (χ2v) is 2.57. The molecule has 2 heterocycles. The number of carboxylic acids is 1. The molecular weight excluding hydrogens is 192 g/mol. The summed E-state index contributed by atoms with van der Waals surface area (Å²) >= 11 is 0. The molecule has 1 N–H and O–H groups in total. The zero-order chi connectivity index (χ0) is 10.9. The van der Waals surface area contributed by atoms with Crippen LogP contribution in [0, 0.1) is 0 Å². The number of carbonyl (C=O) groups is 1. The summed E-state index contributed by atoms with van der Waals surface area (Å²) in [5.41, 5.74) is 0.220. The minimum Gasteiger partial charge on any atom is -0.478 e. The van der Waals surface area contributed by atoms with E-state index in [1.54, 1.807) is 18.5 Å². The average molecular weight is 202 g/mol. The van der Waals surface area contributed by atoms with Crippen molar-refractivity contribution in [2.75, 3.05) is 0 Å². The van der Waals surface area contributed by atoms with Gasteiger partial charge in [0.15, 0.2) is 0 Å². The summed E-state index contributed by atoms with van der Waals surface area (Å²) in [7, 11) is 0. The van der Waals surface area contributed by atoms with Crippen molar-refractivity contribution >= 4 is 5.97 Å². The Morgan fingerprint density at radius 2 is 1.67 bits per heavy atom. The van der Waals surface area contributed by atoms with Crippen molar-refractivity contribution in [1.82, 2.24) is 9.97 Å². The summed E-state index contributed by atoms with van der Waals surface area (Å²) in [6.07, 6.45) is 6.34. The zero-order valence-electron chi connectivity index (χ0n) is 7.95. The summed E-state index contributed by atoms with van der Waals surface area (Å²) in [6, 6.07) is 8.80. The van der Waals surface area contributed by atoms with Gasteiger partial charge in [-0.2, -0.15) is 0 Å². The van der Waals surface area contributed by atoms with Gasteiger partial charge in [0.1, 0.15) is 0 Å². The van der Waals surface area contributed by atoms with E-state index in [2.05, 4.69) is 9.97 Å². The maximum Gasteiger partial charge on any atom is 0.337 e. The Labute approximate surface area is 87.3 Å². The van der Waals surface area contributed by atoms with E-state index in [1.165, 1.54) is 18.5 Å². The number of nitrogens with zero attached hydrogens (tertiary/aromatic N) is 2. The van der Waals surface area contributed by atoms with Gasteiger partial charge in [-0.25, -0.2) is 4.79 Å². The van der Waals surface area contributed by atoms with Crippen LogP contribution in [0.3, 0.4) is 0 Å². The van der Waals surface area contributed by atoms with Crippen molar-refractivity contribution < 1.29 is 9.90 Å². The Hall–Kier alpha value is -2.23. The maximum absolute atomic E-state index is 10.2. The molecule has 76 valence electrons. The molecule has 0 saturated heterocycles. The lowest BCUT2D eigenvalue weighted by atomic mass is 10.3. The van der Waals surface area contributed by atoms with Crippen molar-refractivity contribution in [2.24, 2.45) is 0 Å². The van der Waals surface area contributed by atoms with Crippen molar-refractivity contribution in [3.63, 3.8) is 0 Å². The molecule has 0 saturated carbocycles. The van der Waals surface area contributed by atoms with E-state index in [1.807, 2.05) is 18.2 Å². The third-order valence-electron chi connectivity index (χ3n) is 1.47. The summed E-state index contributed by atoms with van der Waals surface area (Å²) < 4.78 is 0. The van der Waals surface area contributed by atoms with Crippen LogP contribution >= 0.6 is 0 Å². The van der Waals surface area contributed by atoms with Crippen LogP contribution in [0.4, 0.5) is 0 Å². The zero-order valence-corrected chi connectivity index (χ0v) is 7.95. The van der Waals surface area contributed by atoms with Gasteiger partial charge in [0.2, 0.25) is 0 Å². The normalized spacial score (nSPS) is 8.53. The Kier molecular flexibility index (Phi) is 4.53. The molecule has 0 fully saturated rings. The lowest BCUT2D eigenvalue weighted by molar-refractivity contribution is 0.0696. The van der Waals surface area contributed by atoms with Crippen molar-refractivity contribution in [3.05, 3.63) is 60.7 Å². The van der Waals surface area contributed by atoms with E-state index in [4.69, 9.17) is 5.11 Å². The van der Waals surface area contributed by atoms with Gasteiger partial charge in [0.05, 0.1) is 5.56 Å². The molecule has 0 aliphatic carbocycles. The van der Waals surface area contributed by atoms with Crippen molar-refractivity contribution in [2.45, 2.75) is 0 Å². The molecule has 0 aliphatic rings. The molecule has 0 amide bonds. The molecule has 0 spiro atoms. The fourth-order valence-corrected chi connectivity index (χ4v) is 0.802. The molecule has 0 bridgehead atoms. The Morgan fingerprint density at radius 1 is 1.00 bits per heavy atom. The molecule has 2 aromatic heterocycles. The van der Waals surface area contributed by atoms with Crippen LogP contribution in [-0.2, 0) is 0 Å². The number of hydrogen-bond acceptors (Lipinski definition) is 3. The van der Waals surface area contributed by atoms with E-state index in [0.29, 0.717) is 0 Å². The molecule has 2 rings (SSSR count). The van der Waals surface area contributed by atoms with E-state index in [0.717, 1.165) is 0 Å². The van der Waals surface area contributed by atoms with Crippen LogP contribution < -0.4 is 0 Å². The smallest absolute Gasteiger partial charge is 0.337 e. The third kappa shape index (κ3) is 4.52. The lowest BCUT2D eigenvalue weighted by Crippen LogP contribution is -1.94. The number of aromatic nitrogens is 2. The van der Waals surface area contributed by atoms with Gasteiger partial charge in [-0.3, -0.25) is 9.97 Å². The predicted octanol–water partition coefficient (Wildman–Crippen LogP) is 1.86. The van der Waals surface area contributed by atoms with Crippen molar-refractivity contribution in [3.8, 4) is 0 Å². The Balaban J connectivity index is 0.000000162. The van der Waals surface area contributed by atoms with Gasteiger partial charge in [-0.1, -0.05) is 6.07 Å². The molecular formula is C11H10N2O2. The predicted molar refractivity (Wildman–Crippen MR) is 55.4 cm³/mol. The van der Waals surface area contributed by atoms with Gasteiger partial charge >= 0.3 is 5.97 Å². The van der Waals surface area contributed by atoms with Crippen LogP contribution in [0.15, 0.2) is 55.1 Å². The number of pyridine rings is 2. The first-order valence-electron chi connectivity index (χ1n) is 4.29. The fourth-order valence-electron chi connectivity index (χ4n) is 0.802. The van der Waals surface area contributed by atoms with E-state index < -0.39 is 5.97 Å². The van der Waals surface area contributed by atoms with Crippen LogP contribution in [0.25, 0.3) is 0 Å². The standard InChI is InChI=1S/C6H5NO2.C5H5N/c8-6(9)5-2-1-3-7-4-5;1-2-4-6-5-3-1/h1-4H,(H,8,9);1-5H. The maximum atomic E-state index is 10.2. The highest BCUT2D eigenvalue weighted by Crippen LogP contribution is 1.92. The van der Waals surface area contributed by atoms with Gasteiger partial charge in [0, 0.05) is 24.8 Å². The lowest BCUT2D eigenvalue weighted by Gasteiger charge is -1.87. The monoisotopic (exact) mass is 202 g/mol. The van der Waals surface area contributed by atoms with Crippen LogP contribution in [0.2, 0.25) is 0 Å². The van der Waals surface area contributed by atoms with Crippen LogP contribution in [-0.4, -0.2) is 21.0 Å². The number of aromatic carboxylic acids is 1. The second-order valence-electron chi connectivity index (χ2n) is 2.57. The third-order valence-corrected chi connectivity index (χ3v) is 1.47. The summed E-state index contributed by atoms with van der Waals surface area (Å²) in [4.78, 5) is 17.6. The van der Waals surface area contributed by atoms with Gasteiger partial charge < -0.3 is 5.11 Å². The highest BCUT2D eigenvalue weighted by Gasteiger charge is 1.97. The molecule has 0 unspecified atom stereocenters.